The third-order valence-corrected chi connectivity index (χ3v) is 4.24. The molecule has 1 amide bonds. The van der Waals surface area contributed by atoms with Crippen LogP contribution in [-0.2, 0) is 0 Å². The van der Waals surface area contributed by atoms with Crippen molar-refractivity contribution in [3.05, 3.63) is 71.4 Å². The highest BCUT2D eigenvalue weighted by Crippen LogP contribution is 2.28. The summed E-state index contributed by atoms with van der Waals surface area (Å²) in [6, 6.07) is 18.9. The number of hydrogen-bond acceptors (Lipinski definition) is 2. The van der Waals surface area contributed by atoms with Crippen molar-refractivity contribution in [2.24, 2.45) is 0 Å². The van der Waals surface area contributed by atoms with E-state index in [-0.39, 0.29) is 5.91 Å². The molecule has 3 rings (SSSR count). The van der Waals surface area contributed by atoms with E-state index in [1.807, 2.05) is 54.6 Å². The summed E-state index contributed by atoms with van der Waals surface area (Å²) < 4.78 is 1.67. The average Bonchev–Trinajstić information content (AvgIpc) is 3.08. The Morgan fingerprint density at radius 1 is 1.12 bits per heavy atom. The van der Waals surface area contributed by atoms with Crippen LogP contribution in [0.2, 0.25) is 5.02 Å². The number of para-hydroxylation sites is 1. The molecule has 128 valence electrons. The largest absolute Gasteiger partial charge is 0.351 e. The molecule has 0 radical (unpaired) electrons. The molecule has 3 aromatic rings. The van der Waals surface area contributed by atoms with E-state index in [0.717, 1.165) is 24.1 Å². The molecule has 0 bridgehead atoms. The fourth-order valence-corrected chi connectivity index (χ4v) is 2.81. The van der Waals surface area contributed by atoms with Gasteiger partial charge in [0.2, 0.25) is 0 Å². The Hall–Kier alpha value is -2.59. The quantitative estimate of drug-likeness (QED) is 0.651. The second-order valence-corrected chi connectivity index (χ2v) is 6.16. The number of benzene rings is 2. The van der Waals surface area contributed by atoms with Crippen molar-refractivity contribution in [3.63, 3.8) is 0 Å². The number of amides is 1. The molecule has 4 nitrogen and oxygen atoms in total. The van der Waals surface area contributed by atoms with Gasteiger partial charge in [-0.25, -0.2) is 4.68 Å². The van der Waals surface area contributed by atoms with Gasteiger partial charge in [0, 0.05) is 12.1 Å². The number of carbonyl (C=O) groups is 1. The number of carbonyl (C=O) groups excluding carboxylic acids is 1. The van der Waals surface area contributed by atoms with E-state index in [1.54, 1.807) is 10.7 Å². The van der Waals surface area contributed by atoms with Gasteiger partial charge in [-0.15, -0.1) is 0 Å². The fourth-order valence-electron chi connectivity index (χ4n) is 2.58. The van der Waals surface area contributed by atoms with E-state index >= 15 is 0 Å². The average molecular weight is 354 g/mol. The summed E-state index contributed by atoms with van der Waals surface area (Å²) in [7, 11) is 0. The van der Waals surface area contributed by atoms with Crippen LogP contribution in [0.4, 0.5) is 0 Å². The molecule has 0 atom stereocenters. The van der Waals surface area contributed by atoms with Gasteiger partial charge in [0.15, 0.2) is 0 Å². The predicted octanol–water partition coefficient (Wildman–Crippen LogP) is 4.72. The van der Waals surface area contributed by atoms with Crippen molar-refractivity contribution in [1.82, 2.24) is 15.1 Å². The Morgan fingerprint density at radius 2 is 1.84 bits per heavy atom. The summed E-state index contributed by atoms with van der Waals surface area (Å²) in [4.78, 5) is 12.6. The van der Waals surface area contributed by atoms with Crippen LogP contribution in [0.25, 0.3) is 16.9 Å². The highest BCUT2D eigenvalue weighted by atomic mass is 35.5. The molecule has 1 heterocycles. The van der Waals surface area contributed by atoms with Gasteiger partial charge in [0.05, 0.1) is 16.4 Å². The second-order valence-electron chi connectivity index (χ2n) is 5.75. The van der Waals surface area contributed by atoms with Crippen LogP contribution in [0.5, 0.6) is 0 Å². The maximum absolute atomic E-state index is 12.6. The number of aromatic nitrogens is 2. The Morgan fingerprint density at radius 3 is 2.56 bits per heavy atom. The van der Waals surface area contributed by atoms with E-state index < -0.39 is 0 Å². The van der Waals surface area contributed by atoms with Gasteiger partial charge in [-0.1, -0.05) is 61.3 Å². The van der Waals surface area contributed by atoms with Crippen molar-refractivity contribution in [2.45, 2.75) is 19.8 Å². The molecular weight excluding hydrogens is 334 g/mol. The van der Waals surface area contributed by atoms with Crippen LogP contribution < -0.4 is 5.32 Å². The maximum atomic E-state index is 12.6. The van der Waals surface area contributed by atoms with E-state index in [1.165, 1.54) is 0 Å². The van der Waals surface area contributed by atoms with Gasteiger partial charge in [-0.3, -0.25) is 4.79 Å². The van der Waals surface area contributed by atoms with Crippen molar-refractivity contribution in [2.75, 3.05) is 6.54 Å². The van der Waals surface area contributed by atoms with Crippen LogP contribution in [0.1, 0.15) is 30.3 Å². The van der Waals surface area contributed by atoms with E-state index in [0.29, 0.717) is 23.0 Å². The normalized spacial score (nSPS) is 10.6. The zero-order valence-electron chi connectivity index (χ0n) is 14.1. The molecule has 0 saturated carbocycles. The summed E-state index contributed by atoms with van der Waals surface area (Å²) in [5.74, 6) is -0.136. The molecule has 1 N–H and O–H groups in total. The van der Waals surface area contributed by atoms with Gasteiger partial charge in [0.25, 0.3) is 5.91 Å². The van der Waals surface area contributed by atoms with Crippen LogP contribution in [0, 0.1) is 0 Å². The minimum atomic E-state index is -0.136. The monoisotopic (exact) mass is 353 g/mol. The van der Waals surface area contributed by atoms with E-state index in [9.17, 15) is 4.79 Å². The van der Waals surface area contributed by atoms with Gasteiger partial charge in [-0.2, -0.15) is 5.10 Å². The van der Waals surface area contributed by atoms with Gasteiger partial charge in [0.1, 0.15) is 5.69 Å². The number of rotatable bonds is 6. The first-order valence-electron chi connectivity index (χ1n) is 8.39. The smallest absolute Gasteiger partial charge is 0.270 e. The summed E-state index contributed by atoms with van der Waals surface area (Å²) in [6.07, 6.45) is 1.98. The lowest BCUT2D eigenvalue weighted by Gasteiger charge is -2.07. The molecular formula is C20H20ClN3O. The number of halogens is 1. The minimum absolute atomic E-state index is 0.136. The minimum Gasteiger partial charge on any atom is -0.351 e. The molecule has 0 unspecified atom stereocenters. The molecule has 5 heteroatoms. The Balaban J connectivity index is 2.03. The zero-order chi connectivity index (χ0) is 17.6. The van der Waals surface area contributed by atoms with Gasteiger partial charge < -0.3 is 5.32 Å². The van der Waals surface area contributed by atoms with Crippen molar-refractivity contribution >= 4 is 17.5 Å². The highest BCUT2D eigenvalue weighted by Gasteiger charge is 2.18. The van der Waals surface area contributed by atoms with Gasteiger partial charge >= 0.3 is 0 Å². The molecule has 2 aromatic carbocycles. The summed E-state index contributed by atoms with van der Waals surface area (Å²) in [6.45, 7) is 2.74. The van der Waals surface area contributed by atoms with Crippen LogP contribution in [0.15, 0.2) is 60.7 Å². The number of unbranched alkanes of at least 4 members (excludes halogenated alkanes) is 1. The molecule has 0 aliphatic rings. The molecule has 0 spiro atoms. The SMILES string of the molecule is CCCCNC(=O)c1cc(-c2ccccc2Cl)nn1-c1ccccc1. The predicted molar refractivity (Wildman–Crippen MR) is 101 cm³/mol. The zero-order valence-corrected chi connectivity index (χ0v) is 14.8. The standard InChI is InChI=1S/C20H20ClN3O/c1-2-3-13-22-20(25)19-14-18(16-11-7-8-12-17(16)21)23-24(19)15-9-5-4-6-10-15/h4-12,14H,2-3,13H2,1H3,(H,22,25). The number of hydrogen-bond donors (Lipinski definition) is 1. The second kappa shape index (κ2) is 7.99. The third-order valence-electron chi connectivity index (χ3n) is 3.91. The van der Waals surface area contributed by atoms with Crippen molar-refractivity contribution in [1.29, 1.82) is 0 Å². The Bertz CT molecular complexity index is 858. The lowest BCUT2D eigenvalue weighted by molar-refractivity contribution is 0.0945. The Kier molecular flexibility index (Phi) is 5.51. The summed E-state index contributed by atoms with van der Waals surface area (Å²) in [5.41, 5.74) is 2.82. The highest BCUT2D eigenvalue weighted by molar-refractivity contribution is 6.33. The van der Waals surface area contributed by atoms with Crippen LogP contribution in [0.3, 0.4) is 0 Å². The fraction of sp³-hybridized carbons (Fsp3) is 0.200. The van der Waals surface area contributed by atoms with E-state index in [4.69, 9.17) is 11.6 Å². The van der Waals surface area contributed by atoms with Crippen molar-refractivity contribution < 1.29 is 4.79 Å². The van der Waals surface area contributed by atoms with Crippen LogP contribution in [-0.4, -0.2) is 22.2 Å². The molecule has 1 aromatic heterocycles. The number of nitrogens with zero attached hydrogens (tertiary/aromatic N) is 2. The maximum Gasteiger partial charge on any atom is 0.270 e. The molecule has 25 heavy (non-hydrogen) atoms. The van der Waals surface area contributed by atoms with Crippen molar-refractivity contribution in [3.8, 4) is 16.9 Å². The molecule has 0 aliphatic heterocycles. The lowest BCUT2D eigenvalue weighted by Crippen LogP contribution is -2.26. The lowest BCUT2D eigenvalue weighted by atomic mass is 10.1. The first kappa shape index (κ1) is 17.2. The first-order valence-corrected chi connectivity index (χ1v) is 8.77. The first-order chi connectivity index (χ1) is 12.2. The summed E-state index contributed by atoms with van der Waals surface area (Å²) in [5, 5.41) is 8.20. The Labute approximate surface area is 152 Å². The molecule has 0 fully saturated rings. The van der Waals surface area contributed by atoms with Crippen LogP contribution >= 0.6 is 11.6 Å². The van der Waals surface area contributed by atoms with E-state index in [2.05, 4.69) is 17.3 Å². The van der Waals surface area contributed by atoms with Gasteiger partial charge in [-0.05, 0) is 30.7 Å². The molecule has 0 saturated heterocycles. The third kappa shape index (κ3) is 3.91. The number of nitrogens with one attached hydrogen (secondary N) is 1. The topological polar surface area (TPSA) is 46.9 Å². The summed E-state index contributed by atoms with van der Waals surface area (Å²) >= 11 is 6.30. The molecule has 0 aliphatic carbocycles.